The number of amides is 2. The van der Waals surface area contributed by atoms with Gasteiger partial charge in [0, 0.05) is 13.6 Å². The second kappa shape index (κ2) is 6.79. The number of nitrogens with zero attached hydrogens (tertiary/aromatic N) is 1. The number of rotatable bonds is 5. The van der Waals surface area contributed by atoms with Crippen LogP contribution >= 0.6 is 0 Å². The molecule has 20 heavy (non-hydrogen) atoms. The molecule has 1 rings (SSSR count). The molecule has 0 aliphatic carbocycles. The highest BCUT2D eigenvalue weighted by Crippen LogP contribution is 2.27. The molecular weight excluding hydrogens is 260 g/mol. The average Bonchev–Trinajstić information content (AvgIpc) is 2.37. The van der Waals surface area contributed by atoms with Crippen LogP contribution in [-0.2, 0) is 0 Å². The smallest absolute Gasteiger partial charge is 0.339 e. The number of carboxylic acids is 1. The number of carbonyl (C=O) groups excluding carboxylic acids is 1. The molecule has 0 heterocycles. The predicted octanol–water partition coefficient (Wildman–Crippen LogP) is 2.60. The van der Waals surface area contributed by atoms with Gasteiger partial charge in [0.1, 0.15) is 5.56 Å². The molecule has 6 heteroatoms. The minimum atomic E-state index is -1.24. The first kappa shape index (κ1) is 15.8. The van der Waals surface area contributed by atoms with E-state index in [0.29, 0.717) is 12.5 Å². The molecule has 0 aliphatic rings. The van der Waals surface area contributed by atoms with Crippen LogP contribution in [-0.4, -0.2) is 40.7 Å². The number of aromatic hydroxyl groups is 1. The lowest BCUT2D eigenvalue weighted by Gasteiger charge is -2.19. The highest BCUT2D eigenvalue weighted by molar-refractivity contribution is 5.97. The van der Waals surface area contributed by atoms with Crippen LogP contribution in [0.3, 0.4) is 0 Å². The van der Waals surface area contributed by atoms with Crippen LogP contribution < -0.4 is 5.32 Å². The van der Waals surface area contributed by atoms with Gasteiger partial charge in [-0.25, -0.2) is 9.59 Å². The number of aromatic carboxylic acids is 1. The zero-order chi connectivity index (χ0) is 15.3. The maximum atomic E-state index is 11.9. The summed E-state index contributed by atoms with van der Waals surface area (Å²) in [4.78, 5) is 24.3. The summed E-state index contributed by atoms with van der Waals surface area (Å²) < 4.78 is 0. The van der Waals surface area contributed by atoms with Gasteiger partial charge in [0.15, 0.2) is 5.75 Å². The topological polar surface area (TPSA) is 89.9 Å². The van der Waals surface area contributed by atoms with Gasteiger partial charge in [-0.1, -0.05) is 19.9 Å². The van der Waals surface area contributed by atoms with E-state index in [1.807, 2.05) is 0 Å². The van der Waals surface area contributed by atoms with Crippen molar-refractivity contribution in [2.45, 2.75) is 20.3 Å². The Kier molecular flexibility index (Phi) is 5.37. The van der Waals surface area contributed by atoms with Crippen LogP contribution in [0.25, 0.3) is 0 Å². The molecule has 0 spiro atoms. The summed E-state index contributed by atoms with van der Waals surface area (Å²) in [6.45, 7) is 4.71. The van der Waals surface area contributed by atoms with Crippen molar-refractivity contribution in [2.24, 2.45) is 5.92 Å². The fraction of sp³-hybridized carbons (Fsp3) is 0.429. The van der Waals surface area contributed by atoms with Gasteiger partial charge in [0.2, 0.25) is 0 Å². The van der Waals surface area contributed by atoms with Crippen molar-refractivity contribution in [2.75, 3.05) is 18.9 Å². The van der Waals surface area contributed by atoms with E-state index in [0.717, 1.165) is 6.42 Å². The van der Waals surface area contributed by atoms with E-state index < -0.39 is 11.7 Å². The van der Waals surface area contributed by atoms with Gasteiger partial charge in [-0.3, -0.25) is 0 Å². The van der Waals surface area contributed by atoms with Crippen LogP contribution in [0.2, 0.25) is 0 Å². The lowest BCUT2D eigenvalue weighted by atomic mass is 10.1. The Labute approximate surface area is 118 Å². The molecule has 0 unspecified atom stereocenters. The summed E-state index contributed by atoms with van der Waals surface area (Å²) in [6, 6.07) is 3.81. The van der Waals surface area contributed by atoms with E-state index in [4.69, 9.17) is 5.11 Å². The van der Waals surface area contributed by atoms with Gasteiger partial charge in [-0.2, -0.15) is 0 Å². The molecule has 0 atom stereocenters. The van der Waals surface area contributed by atoms with Gasteiger partial charge < -0.3 is 20.4 Å². The minimum Gasteiger partial charge on any atom is -0.505 e. The second-order valence-corrected chi connectivity index (χ2v) is 5.04. The summed E-state index contributed by atoms with van der Waals surface area (Å²) in [6.07, 6.45) is 0.866. The Balaban J connectivity index is 2.76. The normalized spacial score (nSPS) is 10.4. The van der Waals surface area contributed by atoms with Crippen molar-refractivity contribution < 1.29 is 19.8 Å². The monoisotopic (exact) mass is 280 g/mol. The highest BCUT2D eigenvalue weighted by atomic mass is 16.4. The first-order chi connectivity index (χ1) is 9.32. The highest BCUT2D eigenvalue weighted by Gasteiger charge is 2.16. The van der Waals surface area contributed by atoms with Crippen molar-refractivity contribution in [3.63, 3.8) is 0 Å². The molecule has 0 saturated heterocycles. The zero-order valence-electron chi connectivity index (χ0n) is 11.9. The lowest BCUT2D eigenvalue weighted by Crippen LogP contribution is -2.32. The zero-order valence-corrected chi connectivity index (χ0v) is 11.9. The van der Waals surface area contributed by atoms with Gasteiger partial charge in [0.25, 0.3) is 0 Å². The SMILES string of the molecule is CC(C)CCN(C)C(=O)Nc1cccc(C(=O)O)c1O. The molecule has 1 aromatic carbocycles. The second-order valence-electron chi connectivity index (χ2n) is 5.04. The average molecular weight is 280 g/mol. The summed E-state index contributed by atoms with van der Waals surface area (Å²) >= 11 is 0. The van der Waals surface area contributed by atoms with Gasteiger partial charge in [-0.15, -0.1) is 0 Å². The molecule has 0 fully saturated rings. The van der Waals surface area contributed by atoms with Crippen LogP contribution in [0.4, 0.5) is 10.5 Å². The molecule has 1 aromatic rings. The molecular formula is C14H20N2O4. The number of urea groups is 1. The number of phenols is 1. The van der Waals surface area contributed by atoms with Crippen molar-refractivity contribution in [3.8, 4) is 5.75 Å². The van der Waals surface area contributed by atoms with Crippen LogP contribution in [0.15, 0.2) is 18.2 Å². The summed E-state index contributed by atoms with van der Waals surface area (Å²) in [7, 11) is 1.65. The molecule has 110 valence electrons. The third kappa shape index (κ3) is 4.15. The molecule has 0 radical (unpaired) electrons. The fourth-order valence-electron chi connectivity index (χ4n) is 1.58. The maximum absolute atomic E-state index is 11.9. The maximum Gasteiger partial charge on any atom is 0.339 e. The molecule has 2 amide bonds. The van der Waals surface area contributed by atoms with Crippen molar-refractivity contribution in [1.29, 1.82) is 0 Å². The molecule has 0 aliphatic heterocycles. The summed E-state index contributed by atoms with van der Waals surface area (Å²) in [5.41, 5.74) is -0.154. The quantitative estimate of drug-likeness (QED) is 0.723. The first-order valence-electron chi connectivity index (χ1n) is 6.40. The molecule has 0 bridgehead atoms. The van der Waals surface area contributed by atoms with Gasteiger partial charge in [-0.05, 0) is 24.5 Å². The number of anilines is 1. The van der Waals surface area contributed by atoms with E-state index in [1.54, 1.807) is 7.05 Å². The van der Waals surface area contributed by atoms with E-state index in [9.17, 15) is 14.7 Å². The van der Waals surface area contributed by atoms with Gasteiger partial charge >= 0.3 is 12.0 Å². The molecule has 0 saturated carbocycles. The van der Waals surface area contributed by atoms with Gasteiger partial charge in [0.05, 0.1) is 5.69 Å². The van der Waals surface area contributed by atoms with Crippen LogP contribution in [0.5, 0.6) is 5.75 Å². The largest absolute Gasteiger partial charge is 0.505 e. The number of nitrogens with one attached hydrogen (secondary N) is 1. The lowest BCUT2D eigenvalue weighted by molar-refractivity contribution is 0.0693. The number of carboxylic acid groups (broad SMARTS) is 1. The molecule has 0 aromatic heterocycles. The number of hydrogen-bond donors (Lipinski definition) is 3. The third-order valence-electron chi connectivity index (χ3n) is 2.90. The Bertz CT molecular complexity index is 500. The standard InChI is InChI=1S/C14H20N2O4/c1-9(2)7-8-16(3)14(20)15-11-6-4-5-10(12(11)17)13(18)19/h4-6,9,17H,7-8H2,1-3H3,(H,15,20)(H,18,19). The predicted molar refractivity (Wildman–Crippen MR) is 76.2 cm³/mol. The molecule has 3 N–H and O–H groups in total. The summed E-state index contributed by atoms with van der Waals surface area (Å²) in [5.74, 6) is -1.20. The Morgan fingerprint density at radius 1 is 1.35 bits per heavy atom. The number of para-hydroxylation sites is 1. The fourth-order valence-corrected chi connectivity index (χ4v) is 1.58. The third-order valence-corrected chi connectivity index (χ3v) is 2.90. The number of hydrogen-bond acceptors (Lipinski definition) is 3. The van der Waals surface area contributed by atoms with E-state index in [1.165, 1.54) is 23.1 Å². The van der Waals surface area contributed by atoms with E-state index >= 15 is 0 Å². The minimum absolute atomic E-state index is 0.0892. The van der Waals surface area contributed by atoms with Crippen molar-refractivity contribution in [1.82, 2.24) is 4.90 Å². The van der Waals surface area contributed by atoms with Crippen molar-refractivity contribution in [3.05, 3.63) is 23.8 Å². The number of benzene rings is 1. The Morgan fingerprint density at radius 2 is 2.00 bits per heavy atom. The summed E-state index contributed by atoms with van der Waals surface area (Å²) in [5, 5.41) is 21.2. The molecule has 6 nitrogen and oxygen atoms in total. The van der Waals surface area contributed by atoms with Crippen LogP contribution in [0, 0.1) is 5.92 Å². The Hall–Kier alpha value is -2.24. The first-order valence-corrected chi connectivity index (χ1v) is 6.40. The Morgan fingerprint density at radius 3 is 2.55 bits per heavy atom. The van der Waals surface area contributed by atoms with Crippen LogP contribution in [0.1, 0.15) is 30.6 Å². The number of carbonyl (C=O) groups is 2. The van der Waals surface area contributed by atoms with E-state index in [2.05, 4.69) is 19.2 Å². The van der Waals surface area contributed by atoms with Crippen molar-refractivity contribution >= 4 is 17.7 Å². The van der Waals surface area contributed by atoms with E-state index in [-0.39, 0.29) is 17.3 Å².